The van der Waals surface area contributed by atoms with Crippen LogP contribution in [-0.4, -0.2) is 41.0 Å². The smallest absolute Gasteiger partial charge is 0.422 e. The van der Waals surface area contributed by atoms with E-state index in [-0.39, 0.29) is 23.8 Å². The fourth-order valence-electron chi connectivity index (χ4n) is 3.31. The molecule has 0 saturated heterocycles. The van der Waals surface area contributed by atoms with E-state index in [1.165, 1.54) is 13.2 Å². The molecule has 1 saturated carbocycles. The van der Waals surface area contributed by atoms with Gasteiger partial charge in [-0.05, 0) is 49.1 Å². The molecule has 1 aliphatic carbocycles. The van der Waals surface area contributed by atoms with Crippen LogP contribution in [0.4, 0.5) is 18.9 Å². The van der Waals surface area contributed by atoms with Crippen LogP contribution in [0.15, 0.2) is 42.5 Å². The van der Waals surface area contributed by atoms with E-state index in [1.54, 1.807) is 18.2 Å². The molecule has 1 heterocycles. The Balaban J connectivity index is 1.33. The molecule has 10 heteroatoms. The number of H-pyrrole nitrogens is 1. The Morgan fingerprint density at radius 1 is 1.18 bits per heavy atom. The number of nitrogens with zero attached hydrogens (tertiary/aromatic N) is 2. The van der Waals surface area contributed by atoms with Crippen LogP contribution in [0.1, 0.15) is 36.6 Å². The third-order valence-electron chi connectivity index (χ3n) is 5.13. The minimum atomic E-state index is -4.44. The van der Waals surface area contributed by atoms with E-state index in [1.807, 2.05) is 18.2 Å². The highest BCUT2D eigenvalue weighted by atomic mass is 19.4. The summed E-state index contributed by atoms with van der Waals surface area (Å²) in [7, 11) is 1.35. The molecule has 0 atom stereocenters. The standard InChI is InChI=1S/C23H23F3N4O3/c1-32-19-11-14(5-9-18(19)33-13-23(24,25)26)6-10-20(31)27-17-4-2-3-16(12-17)22-28-21(29-30-22)15-7-8-15/h2-5,9,11-12,15H,6-8,10,13H2,1H3,(H,27,31)(H,28,29,30). The van der Waals surface area contributed by atoms with Gasteiger partial charge in [-0.2, -0.15) is 18.3 Å². The number of ether oxygens (including phenoxy) is 2. The summed E-state index contributed by atoms with van der Waals surface area (Å²) < 4.78 is 47.0. The largest absolute Gasteiger partial charge is 0.493 e. The zero-order valence-corrected chi connectivity index (χ0v) is 17.9. The first-order valence-corrected chi connectivity index (χ1v) is 10.5. The van der Waals surface area contributed by atoms with Gasteiger partial charge in [0.1, 0.15) is 5.82 Å². The second-order valence-electron chi connectivity index (χ2n) is 7.84. The van der Waals surface area contributed by atoms with Crippen molar-refractivity contribution < 1.29 is 27.4 Å². The maximum absolute atomic E-state index is 12.4. The van der Waals surface area contributed by atoms with Crippen LogP contribution in [-0.2, 0) is 11.2 Å². The topological polar surface area (TPSA) is 89.1 Å². The third kappa shape index (κ3) is 6.24. The fraction of sp³-hybridized carbons (Fsp3) is 0.348. The Kier molecular flexibility index (Phi) is 6.52. The van der Waals surface area contributed by atoms with Crippen LogP contribution >= 0.6 is 0 Å². The molecule has 0 spiro atoms. The number of hydrogen-bond donors (Lipinski definition) is 2. The first-order chi connectivity index (χ1) is 15.8. The van der Waals surface area contributed by atoms with E-state index in [9.17, 15) is 18.0 Å². The van der Waals surface area contributed by atoms with Crippen LogP contribution in [0.5, 0.6) is 11.5 Å². The number of aryl methyl sites for hydroxylation is 1. The highest BCUT2D eigenvalue weighted by molar-refractivity contribution is 5.91. The number of aromatic nitrogens is 3. The van der Waals surface area contributed by atoms with Crippen LogP contribution < -0.4 is 14.8 Å². The maximum Gasteiger partial charge on any atom is 0.422 e. The SMILES string of the molecule is COc1cc(CCC(=O)Nc2cccc(-c3n[nH]c(C4CC4)n3)c2)ccc1OCC(F)(F)F. The van der Waals surface area contributed by atoms with Crippen LogP contribution in [0.25, 0.3) is 11.4 Å². The Labute approximate surface area is 188 Å². The van der Waals surface area contributed by atoms with Gasteiger partial charge in [0, 0.05) is 23.6 Å². The molecule has 4 rings (SSSR count). The maximum atomic E-state index is 12.4. The summed E-state index contributed by atoms with van der Waals surface area (Å²) in [5, 5.41) is 10.1. The Morgan fingerprint density at radius 3 is 2.73 bits per heavy atom. The Hall–Kier alpha value is -3.56. The summed E-state index contributed by atoms with van der Waals surface area (Å²) in [5.41, 5.74) is 2.17. The molecule has 174 valence electrons. The molecule has 0 radical (unpaired) electrons. The number of nitrogens with one attached hydrogen (secondary N) is 2. The second kappa shape index (κ2) is 9.51. The zero-order chi connectivity index (χ0) is 23.4. The van der Waals surface area contributed by atoms with Gasteiger partial charge >= 0.3 is 6.18 Å². The van der Waals surface area contributed by atoms with Crippen molar-refractivity contribution in [3.63, 3.8) is 0 Å². The van der Waals surface area contributed by atoms with Gasteiger partial charge in [0.05, 0.1) is 7.11 Å². The van der Waals surface area contributed by atoms with E-state index in [0.717, 1.165) is 29.8 Å². The van der Waals surface area contributed by atoms with E-state index < -0.39 is 12.8 Å². The van der Waals surface area contributed by atoms with Gasteiger partial charge in [-0.1, -0.05) is 18.2 Å². The van der Waals surface area contributed by atoms with Crippen molar-refractivity contribution in [1.29, 1.82) is 0 Å². The number of anilines is 1. The lowest BCUT2D eigenvalue weighted by Crippen LogP contribution is -2.19. The summed E-state index contributed by atoms with van der Waals surface area (Å²) in [6.07, 6.45) is -1.62. The quantitative estimate of drug-likeness (QED) is 0.476. The minimum absolute atomic E-state index is 0.00309. The summed E-state index contributed by atoms with van der Waals surface area (Å²) in [6.45, 7) is -1.40. The van der Waals surface area contributed by atoms with Crippen molar-refractivity contribution >= 4 is 11.6 Å². The molecular weight excluding hydrogens is 437 g/mol. The normalized spacial score (nSPS) is 13.6. The lowest BCUT2D eigenvalue weighted by atomic mass is 10.1. The zero-order valence-electron chi connectivity index (χ0n) is 17.9. The first kappa shape index (κ1) is 22.6. The summed E-state index contributed by atoms with van der Waals surface area (Å²) >= 11 is 0. The van der Waals surface area contributed by atoms with E-state index in [4.69, 9.17) is 9.47 Å². The summed E-state index contributed by atoms with van der Waals surface area (Å²) in [6, 6.07) is 11.9. The molecule has 7 nitrogen and oxygen atoms in total. The molecule has 0 bridgehead atoms. The van der Waals surface area contributed by atoms with E-state index in [0.29, 0.717) is 23.9 Å². The lowest BCUT2D eigenvalue weighted by molar-refractivity contribution is -0.153. The minimum Gasteiger partial charge on any atom is -0.493 e. The van der Waals surface area contributed by atoms with Crippen molar-refractivity contribution in [3.8, 4) is 22.9 Å². The Bertz CT molecular complexity index is 1130. The van der Waals surface area contributed by atoms with Gasteiger partial charge in [0.25, 0.3) is 0 Å². The number of methoxy groups -OCH3 is 1. The van der Waals surface area contributed by atoms with Crippen LogP contribution in [0.2, 0.25) is 0 Å². The summed E-state index contributed by atoms with van der Waals surface area (Å²) in [4.78, 5) is 17.0. The van der Waals surface area contributed by atoms with Crippen LogP contribution in [0.3, 0.4) is 0 Å². The van der Waals surface area contributed by atoms with Gasteiger partial charge in [-0.15, -0.1) is 0 Å². The predicted molar refractivity (Wildman–Crippen MR) is 115 cm³/mol. The van der Waals surface area contributed by atoms with Crippen molar-refractivity contribution in [2.45, 2.75) is 37.8 Å². The molecule has 1 amide bonds. The molecule has 2 N–H and O–H groups in total. The van der Waals surface area contributed by atoms with Crippen molar-refractivity contribution in [2.24, 2.45) is 0 Å². The average Bonchev–Trinajstić information content (AvgIpc) is 3.52. The van der Waals surface area contributed by atoms with Gasteiger partial charge < -0.3 is 14.8 Å². The number of halogens is 3. The number of rotatable bonds is 9. The highest BCUT2D eigenvalue weighted by Gasteiger charge is 2.29. The van der Waals surface area contributed by atoms with Gasteiger partial charge in [-0.3, -0.25) is 9.89 Å². The number of benzene rings is 2. The highest BCUT2D eigenvalue weighted by Crippen LogP contribution is 2.38. The lowest BCUT2D eigenvalue weighted by Gasteiger charge is -2.13. The molecule has 0 aliphatic heterocycles. The number of carbonyl (C=O) groups is 1. The number of carbonyl (C=O) groups excluding carboxylic acids is 1. The number of amides is 1. The molecule has 2 aromatic carbocycles. The molecule has 1 aromatic heterocycles. The molecule has 1 aliphatic rings. The number of alkyl halides is 3. The number of aromatic amines is 1. The number of hydrogen-bond acceptors (Lipinski definition) is 5. The van der Waals surface area contributed by atoms with Gasteiger partial charge in [0.15, 0.2) is 23.9 Å². The molecule has 3 aromatic rings. The third-order valence-corrected chi connectivity index (χ3v) is 5.13. The first-order valence-electron chi connectivity index (χ1n) is 10.5. The summed E-state index contributed by atoms with van der Waals surface area (Å²) in [5.74, 6) is 1.94. The fourth-order valence-corrected chi connectivity index (χ4v) is 3.31. The average molecular weight is 460 g/mol. The molecule has 0 unspecified atom stereocenters. The van der Waals surface area contributed by atoms with Crippen molar-refractivity contribution in [3.05, 3.63) is 53.9 Å². The van der Waals surface area contributed by atoms with Gasteiger partial charge in [0.2, 0.25) is 5.91 Å². The molecular formula is C23H23F3N4O3. The molecule has 1 fully saturated rings. The molecule has 33 heavy (non-hydrogen) atoms. The van der Waals surface area contributed by atoms with Crippen molar-refractivity contribution in [2.75, 3.05) is 19.0 Å². The van der Waals surface area contributed by atoms with E-state index in [2.05, 4.69) is 20.5 Å². The van der Waals surface area contributed by atoms with Gasteiger partial charge in [-0.25, -0.2) is 4.98 Å². The Morgan fingerprint density at radius 2 is 2.00 bits per heavy atom. The van der Waals surface area contributed by atoms with Crippen molar-refractivity contribution in [1.82, 2.24) is 15.2 Å². The van der Waals surface area contributed by atoms with Crippen LogP contribution in [0, 0.1) is 0 Å². The second-order valence-corrected chi connectivity index (χ2v) is 7.84. The van der Waals surface area contributed by atoms with E-state index >= 15 is 0 Å². The predicted octanol–water partition coefficient (Wildman–Crippen LogP) is 4.87. The monoisotopic (exact) mass is 460 g/mol.